The highest BCUT2D eigenvalue weighted by atomic mass is 16.3. The van der Waals surface area contributed by atoms with Crippen LogP contribution < -0.4 is 5.32 Å². The van der Waals surface area contributed by atoms with Crippen molar-refractivity contribution in [1.82, 2.24) is 10.2 Å². The lowest BCUT2D eigenvalue weighted by Crippen LogP contribution is -2.45. The molecule has 5 nitrogen and oxygen atoms in total. The Morgan fingerprint density at radius 2 is 1.80 bits per heavy atom. The topological polar surface area (TPSA) is 62.6 Å². The van der Waals surface area contributed by atoms with Gasteiger partial charge in [0.25, 0.3) is 5.91 Å². The normalized spacial score (nSPS) is 16.3. The minimum Gasteiger partial charge on any atom is -0.459 e. The Bertz CT molecular complexity index is 1010. The Labute approximate surface area is 176 Å². The van der Waals surface area contributed by atoms with Gasteiger partial charge in [-0.25, -0.2) is 0 Å². The van der Waals surface area contributed by atoms with E-state index in [9.17, 15) is 9.59 Å². The van der Waals surface area contributed by atoms with Crippen LogP contribution in [0.3, 0.4) is 0 Å². The molecule has 1 unspecified atom stereocenters. The number of carbonyl (C=O) groups excluding carboxylic acids is 2. The van der Waals surface area contributed by atoms with Crippen molar-refractivity contribution in [2.45, 2.75) is 26.3 Å². The van der Waals surface area contributed by atoms with E-state index in [1.165, 1.54) is 0 Å². The molecule has 2 heterocycles. The second-order valence-electron chi connectivity index (χ2n) is 7.81. The third kappa shape index (κ3) is 4.62. The molecule has 0 saturated carbocycles. The van der Waals surface area contributed by atoms with Gasteiger partial charge in [0, 0.05) is 24.2 Å². The van der Waals surface area contributed by atoms with Gasteiger partial charge in [0.1, 0.15) is 11.5 Å². The van der Waals surface area contributed by atoms with Crippen molar-refractivity contribution < 1.29 is 14.0 Å². The Morgan fingerprint density at radius 1 is 1.03 bits per heavy atom. The van der Waals surface area contributed by atoms with Gasteiger partial charge in [-0.2, -0.15) is 0 Å². The van der Waals surface area contributed by atoms with Gasteiger partial charge in [0.05, 0.1) is 12.5 Å². The number of nitrogens with zero attached hydrogens (tertiary/aromatic N) is 1. The number of aryl methyl sites for hydroxylation is 1. The van der Waals surface area contributed by atoms with Gasteiger partial charge in [-0.3, -0.25) is 9.59 Å². The molecule has 154 valence electrons. The highest BCUT2D eigenvalue weighted by molar-refractivity contribution is 5.94. The van der Waals surface area contributed by atoms with Crippen LogP contribution in [0.25, 0.3) is 11.3 Å². The number of rotatable bonds is 5. The van der Waals surface area contributed by atoms with E-state index in [-0.39, 0.29) is 17.7 Å². The lowest BCUT2D eigenvalue weighted by atomic mass is 9.96. The molecule has 5 heteroatoms. The molecule has 2 amide bonds. The van der Waals surface area contributed by atoms with E-state index in [4.69, 9.17) is 4.42 Å². The predicted molar refractivity (Wildman–Crippen MR) is 116 cm³/mol. The van der Waals surface area contributed by atoms with E-state index in [1.807, 2.05) is 73.7 Å². The third-order valence-electron chi connectivity index (χ3n) is 5.53. The van der Waals surface area contributed by atoms with Crippen LogP contribution in [0.15, 0.2) is 71.1 Å². The summed E-state index contributed by atoms with van der Waals surface area (Å²) >= 11 is 0. The molecule has 1 N–H and O–H groups in total. The standard InChI is InChI=1S/C25H26N2O3/c1-18-9-11-20(12-10-18)25(29)27-15-5-8-21(17-27)24(28)26-16-22-13-14-23(30-22)19-6-3-2-4-7-19/h2-4,6-7,9-14,21H,5,8,15-17H2,1H3,(H,26,28). The number of piperidine rings is 1. The van der Waals surface area contributed by atoms with Gasteiger partial charge in [0.15, 0.2) is 0 Å². The van der Waals surface area contributed by atoms with Gasteiger partial charge >= 0.3 is 0 Å². The fourth-order valence-electron chi connectivity index (χ4n) is 3.80. The van der Waals surface area contributed by atoms with Gasteiger partial charge in [-0.1, -0.05) is 48.0 Å². The van der Waals surface area contributed by atoms with E-state index in [0.29, 0.717) is 31.0 Å². The molecule has 1 aromatic heterocycles. The molecule has 1 atom stereocenters. The van der Waals surface area contributed by atoms with Crippen LogP contribution >= 0.6 is 0 Å². The fraction of sp³-hybridized carbons (Fsp3) is 0.280. The monoisotopic (exact) mass is 402 g/mol. The lowest BCUT2D eigenvalue weighted by Gasteiger charge is -2.32. The Balaban J connectivity index is 1.33. The minimum atomic E-state index is -0.197. The number of carbonyl (C=O) groups is 2. The molecule has 0 spiro atoms. The summed E-state index contributed by atoms with van der Waals surface area (Å²) in [6, 6.07) is 21.2. The average molecular weight is 402 g/mol. The van der Waals surface area contributed by atoms with Gasteiger partial charge < -0.3 is 14.6 Å². The first-order valence-corrected chi connectivity index (χ1v) is 10.4. The van der Waals surface area contributed by atoms with Crippen molar-refractivity contribution in [1.29, 1.82) is 0 Å². The van der Waals surface area contributed by atoms with Gasteiger partial charge in [-0.15, -0.1) is 0 Å². The van der Waals surface area contributed by atoms with E-state index >= 15 is 0 Å². The molecule has 2 aromatic carbocycles. The van der Waals surface area contributed by atoms with Crippen molar-refractivity contribution in [2.24, 2.45) is 5.92 Å². The third-order valence-corrected chi connectivity index (χ3v) is 5.53. The quantitative estimate of drug-likeness (QED) is 0.687. The zero-order chi connectivity index (χ0) is 20.9. The first-order chi connectivity index (χ1) is 14.6. The van der Waals surface area contributed by atoms with Crippen LogP contribution in [0.1, 0.15) is 34.5 Å². The van der Waals surface area contributed by atoms with Crippen LogP contribution in [-0.4, -0.2) is 29.8 Å². The zero-order valence-electron chi connectivity index (χ0n) is 17.1. The molecule has 1 saturated heterocycles. The van der Waals surface area contributed by atoms with Gasteiger partial charge in [-0.05, 0) is 44.0 Å². The maximum Gasteiger partial charge on any atom is 0.253 e. The summed E-state index contributed by atoms with van der Waals surface area (Å²) < 4.78 is 5.85. The maximum atomic E-state index is 12.8. The van der Waals surface area contributed by atoms with Crippen molar-refractivity contribution in [2.75, 3.05) is 13.1 Å². The van der Waals surface area contributed by atoms with E-state index in [1.54, 1.807) is 4.90 Å². The molecule has 4 rings (SSSR count). The predicted octanol–water partition coefficient (Wildman–Crippen LogP) is 4.42. The molecular formula is C25H26N2O3. The highest BCUT2D eigenvalue weighted by Gasteiger charge is 2.28. The summed E-state index contributed by atoms with van der Waals surface area (Å²) in [6.45, 7) is 3.48. The highest BCUT2D eigenvalue weighted by Crippen LogP contribution is 2.22. The number of amides is 2. The van der Waals surface area contributed by atoms with E-state index < -0.39 is 0 Å². The minimum absolute atomic E-state index is 0.00830. The number of hydrogen-bond donors (Lipinski definition) is 1. The first-order valence-electron chi connectivity index (χ1n) is 10.4. The average Bonchev–Trinajstić information content (AvgIpc) is 3.27. The number of nitrogens with one attached hydrogen (secondary N) is 1. The van der Waals surface area contributed by atoms with Crippen LogP contribution in [0.2, 0.25) is 0 Å². The van der Waals surface area contributed by atoms with Crippen LogP contribution in [-0.2, 0) is 11.3 Å². The maximum absolute atomic E-state index is 12.8. The molecule has 3 aromatic rings. The molecule has 1 fully saturated rings. The zero-order valence-corrected chi connectivity index (χ0v) is 17.1. The van der Waals surface area contributed by atoms with E-state index in [0.717, 1.165) is 29.7 Å². The molecule has 0 bridgehead atoms. The molecular weight excluding hydrogens is 376 g/mol. The molecule has 1 aliphatic heterocycles. The summed E-state index contributed by atoms with van der Waals surface area (Å²) in [4.78, 5) is 27.3. The Kier molecular flexibility index (Phi) is 5.98. The van der Waals surface area contributed by atoms with Crippen molar-refractivity contribution in [3.63, 3.8) is 0 Å². The summed E-state index contributed by atoms with van der Waals surface area (Å²) in [5.74, 6) is 1.26. The SMILES string of the molecule is Cc1ccc(C(=O)N2CCCC(C(=O)NCc3ccc(-c4ccccc4)o3)C2)cc1. The van der Waals surface area contributed by atoms with Crippen LogP contribution in [0.5, 0.6) is 0 Å². The number of benzene rings is 2. The number of furan rings is 1. The van der Waals surface area contributed by atoms with Crippen molar-refractivity contribution in [3.05, 3.63) is 83.6 Å². The van der Waals surface area contributed by atoms with E-state index in [2.05, 4.69) is 5.32 Å². The molecule has 30 heavy (non-hydrogen) atoms. The second kappa shape index (κ2) is 8.99. The first kappa shape index (κ1) is 20.0. The summed E-state index contributed by atoms with van der Waals surface area (Å²) in [5, 5.41) is 2.97. The largest absolute Gasteiger partial charge is 0.459 e. The molecule has 0 aliphatic carbocycles. The summed E-state index contributed by atoms with van der Waals surface area (Å²) in [5.41, 5.74) is 2.80. The fourth-order valence-corrected chi connectivity index (χ4v) is 3.80. The number of likely N-dealkylation sites (tertiary alicyclic amines) is 1. The summed E-state index contributed by atoms with van der Waals surface area (Å²) in [7, 11) is 0. The number of hydrogen-bond acceptors (Lipinski definition) is 3. The Hall–Kier alpha value is -3.34. The lowest BCUT2D eigenvalue weighted by molar-refractivity contribution is -0.126. The Morgan fingerprint density at radius 3 is 2.57 bits per heavy atom. The van der Waals surface area contributed by atoms with Crippen molar-refractivity contribution >= 4 is 11.8 Å². The van der Waals surface area contributed by atoms with Gasteiger partial charge in [0.2, 0.25) is 5.91 Å². The molecule has 1 aliphatic rings. The van der Waals surface area contributed by atoms with Crippen LogP contribution in [0, 0.1) is 12.8 Å². The summed E-state index contributed by atoms with van der Waals surface area (Å²) in [6.07, 6.45) is 1.62. The molecule has 0 radical (unpaired) electrons. The van der Waals surface area contributed by atoms with Crippen molar-refractivity contribution in [3.8, 4) is 11.3 Å². The second-order valence-corrected chi connectivity index (χ2v) is 7.81. The van der Waals surface area contributed by atoms with Crippen LogP contribution in [0.4, 0.5) is 0 Å². The smallest absolute Gasteiger partial charge is 0.253 e.